The van der Waals surface area contributed by atoms with Crippen LogP contribution in [-0.4, -0.2) is 24.4 Å². The fourth-order valence-corrected chi connectivity index (χ4v) is 1.62. The average Bonchev–Trinajstić information content (AvgIpc) is 2.96. The first kappa shape index (κ1) is 10.8. The molecule has 0 fully saturated rings. The molecule has 5 nitrogen and oxygen atoms in total. The number of hydrogen-bond donors (Lipinski definition) is 0. The molecule has 0 aromatic carbocycles. The van der Waals surface area contributed by atoms with Gasteiger partial charge in [0.1, 0.15) is 5.52 Å². The van der Waals surface area contributed by atoms with Crippen LogP contribution >= 0.6 is 0 Å². The molecule has 3 aromatic heterocycles. The van der Waals surface area contributed by atoms with Gasteiger partial charge in [0.25, 0.3) is 0 Å². The second kappa shape index (κ2) is 3.56. The van der Waals surface area contributed by atoms with Crippen LogP contribution in [0.15, 0.2) is 36.9 Å². The zero-order valence-corrected chi connectivity index (χ0v) is 8.83. The summed E-state index contributed by atoms with van der Waals surface area (Å²) >= 11 is 0. The summed E-state index contributed by atoms with van der Waals surface area (Å²) in [7, 11) is 0. The number of halogens is 3. The highest BCUT2D eigenvalue weighted by molar-refractivity contribution is 5.60. The van der Waals surface area contributed by atoms with Crippen molar-refractivity contribution >= 4 is 5.52 Å². The lowest BCUT2D eigenvalue weighted by Crippen LogP contribution is -2.05. The Hall–Kier alpha value is -2.38. The van der Waals surface area contributed by atoms with Crippen molar-refractivity contribution in [3.8, 4) is 5.82 Å². The van der Waals surface area contributed by atoms with Crippen molar-refractivity contribution in [2.45, 2.75) is 6.18 Å². The van der Waals surface area contributed by atoms with Crippen molar-refractivity contribution in [1.29, 1.82) is 0 Å². The molecule has 0 unspecified atom stereocenters. The predicted octanol–water partition coefficient (Wildman–Crippen LogP) is 1.93. The topological polar surface area (TPSA) is 48.0 Å². The molecule has 3 rings (SSSR count). The van der Waals surface area contributed by atoms with Crippen molar-refractivity contribution < 1.29 is 13.2 Å². The SMILES string of the molecule is FC(F)(F)c1cc2c(-n3cccn3)nccn2n1. The lowest BCUT2D eigenvalue weighted by Gasteiger charge is -2.01. The van der Waals surface area contributed by atoms with Crippen LogP contribution in [0, 0.1) is 0 Å². The van der Waals surface area contributed by atoms with Gasteiger partial charge in [0.15, 0.2) is 11.5 Å². The maximum Gasteiger partial charge on any atom is 0.435 e. The van der Waals surface area contributed by atoms with Gasteiger partial charge in [-0.1, -0.05) is 0 Å². The molecular weight excluding hydrogens is 247 g/mol. The number of nitrogens with zero attached hydrogens (tertiary/aromatic N) is 5. The van der Waals surface area contributed by atoms with E-state index in [1.54, 1.807) is 12.3 Å². The Morgan fingerprint density at radius 1 is 1.11 bits per heavy atom. The van der Waals surface area contributed by atoms with Crippen molar-refractivity contribution in [3.05, 3.63) is 42.6 Å². The normalized spacial score (nSPS) is 12.2. The molecule has 3 heterocycles. The molecule has 0 atom stereocenters. The molecule has 0 aliphatic heterocycles. The van der Waals surface area contributed by atoms with E-state index in [2.05, 4.69) is 15.2 Å². The highest BCUT2D eigenvalue weighted by Crippen LogP contribution is 2.29. The highest BCUT2D eigenvalue weighted by atomic mass is 19.4. The summed E-state index contributed by atoms with van der Waals surface area (Å²) in [5.41, 5.74) is -0.711. The van der Waals surface area contributed by atoms with Crippen LogP contribution in [0.4, 0.5) is 13.2 Å². The highest BCUT2D eigenvalue weighted by Gasteiger charge is 2.34. The maximum absolute atomic E-state index is 12.6. The third kappa shape index (κ3) is 1.62. The van der Waals surface area contributed by atoms with Crippen LogP contribution in [0.1, 0.15) is 5.69 Å². The standard InChI is InChI=1S/C10H6F3N5/c11-10(12,13)8-6-7-9(18-4-1-2-15-18)14-3-5-17(7)16-8/h1-6H. The molecule has 0 aliphatic rings. The number of hydrogen-bond acceptors (Lipinski definition) is 3. The molecule has 0 saturated carbocycles. The van der Waals surface area contributed by atoms with E-state index in [0.717, 1.165) is 10.6 Å². The summed E-state index contributed by atoms with van der Waals surface area (Å²) < 4.78 is 40.3. The van der Waals surface area contributed by atoms with Crippen molar-refractivity contribution in [3.63, 3.8) is 0 Å². The van der Waals surface area contributed by atoms with Crippen LogP contribution in [0.2, 0.25) is 0 Å². The molecule has 0 saturated heterocycles. The zero-order chi connectivity index (χ0) is 12.8. The first-order valence-electron chi connectivity index (χ1n) is 4.97. The van der Waals surface area contributed by atoms with E-state index >= 15 is 0 Å². The minimum absolute atomic E-state index is 0.244. The Morgan fingerprint density at radius 3 is 2.61 bits per heavy atom. The van der Waals surface area contributed by atoms with Crippen LogP contribution < -0.4 is 0 Å². The Morgan fingerprint density at radius 2 is 1.94 bits per heavy atom. The second-order valence-corrected chi connectivity index (χ2v) is 3.56. The Bertz CT molecular complexity index is 683. The zero-order valence-electron chi connectivity index (χ0n) is 8.83. The quantitative estimate of drug-likeness (QED) is 0.665. The monoisotopic (exact) mass is 253 g/mol. The molecule has 0 bridgehead atoms. The van der Waals surface area contributed by atoms with Gasteiger partial charge < -0.3 is 0 Å². The van der Waals surface area contributed by atoms with Crippen LogP contribution in [-0.2, 0) is 6.18 Å². The van der Waals surface area contributed by atoms with Crippen LogP contribution in [0.3, 0.4) is 0 Å². The summed E-state index contributed by atoms with van der Waals surface area (Å²) in [6.07, 6.45) is 1.37. The number of aromatic nitrogens is 5. The van der Waals surface area contributed by atoms with Gasteiger partial charge in [-0.3, -0.25) is 0 Å². The predicted molar refractivity (Wildman–Crippen MR) is 55.1 cm³/mol. The summed E-state index contributed by atoms with van der Waals surface area (Å²) in [6.45, 7) is 0. The van der Waals surface area contributed by atoms with E-state index in [1.165, 1.54) is 23.3 Å². The molecule has 92 valence electrons. The van der Waals surface area contributed by atoms with Gasteiger partial charge in [-0.2, -0.15) is 23.4 Å². The first-order valence-corrected chi connectivity index (χ1v) is 4.97. The minimum atomic E-state index is -4.48. The van der Waals surface area contributed by atoms with E-state index in [4.69, 9.17) is 0 Å². The van der Waals surface area contributed by atoms with Crippen LogP contribution in [0.5, 0.6) is 0 Å². The van der Waals surface area contributed by atoms with Gasteiger partial charge in [-0.15, -0.1) is 0 Å². The Balaban J connectivity index is 2.25. The van der Waals surface area contributed by atoms with E-state index in [1.807, 2.05) is 0 Å². The fourth-order valence-electron chi connectivity index (χ4n) is 1.62. The number of alkyl halides is 3. The maximum atomic E-state index is 12.6. The van der Waals surface area contributed by atoms with E-state index in [-0.39, 0.29) is 5.52 Å². The minimum Gasteiger partial charge on any atom is -0.235 e. The molecule has 8 heteroatoms. The molecule has 0 radical (unpaired) electrons. The van der Waals surface area contributed by atoms with Gasteiger partial charge in [0.2, 0.25) is 0 Å². The fraction of sp³-hybridized carbons (Fsp3) is 0.100. The summed E-state index contributed by atoms with van der Waals surface area (Å²) in [5.74, 6) is 0.297. The van der Waals surface area contributed by atoms with Gasteiger partial charge >= 0.3 is 6.18 Å². The Labute approximate surface area is 98.5 Å². The summed E-state index contributed by atoms with van der Waals surface area (Å²) in [6, 6.07) is 2.61. The molecule has 0 amide bonds. The molecule has 18 heavy (non-hydrogen) atoms. The third-order valence-electron chi connectivity index (χ3n) is 2.38. The summed E-state index contributed by atoms with van der Waals surface area (Å²) in [5, 5.41) is 7.40. The van der Waals surface area contributed by atoms with E-state index in [9.17, 15) is 13.2 Å². The molecule has 0 aliphatic carbocycles. The van der Waals surface area contributed by atoms with Gasteiger partial charge in [-0.25, -0.2) is 14.2 Å². The molecule has 3 aromatic rings. The summed E-state index contributed by atoms with van der Waals surface area (Å²) in [4.78, 5) is 4.02. The Kier molecular flexibility index (Phi) is 2.12. The lowest BCUT2D eigenvalue weighted by molar-refractivity contribution is -0.141. The molecule has 0 spiro atoms. The van der Waals surface area contributed by atoms with Crippen molar-refractivity contribution in [1.82, 2.24) is 24.4 Å². The van der Waals surface area contributed by atoms with Gasteiger partial charge in [-0.05, 0) is 6.07 Å². The second-order valence-electron chi connectivity index (χ2n) is 3.56. The van der Waals surface area contributed by atoms with Crippen LogP contribution in [0.25, 0.3) is 11.3 Å². The van der Waals surface area contributed by atoms with Crippen molar-refractivity contribution in [2.24, 2.45) is 0 Å². The number of fused-ring (bicyclic) bond motifs is 1. The number of rotatable bonds is 1. The van der Waals surface area contributed by atoms with E-state index < -0.39 is 11.9 Å². The first-order chi connectivity index (χ1) is 8.55. The average molecular weight is 253 g/mol. The smallest absolute Gasteiger partial charge is 0.235 e. The molecular formula is C10H6F3N5. The lowest BCUT2D eigenvalue weighted by atomic mass is 10.4. The van der Waals surface area contributed by atoms with Gasteiger partial charge in [0, 0.05) is 30.9 Å². The third-order valence-corrected chi connectivity index (χ3v) is 2.38. The largest absolute Gasteiger partial charge is 0.435 e. The van der Waals surface area contributed by atoms with Gasteiger partial charge in [0.05, 0.1) is 0 Å². The molecule has 0 N–H and O–H groups in total. The van der Waals surface area contributed by atoms with E-state index in [0.29, 0.717) is 5.82 Å². The van der Waals surface area contributed by atoms with Crippen molar-refractivity contribution in [2.75, 3.05) is 0 Å².